The molecule has 2 N–H and O–H groups in total. The van der Waals surface area contributed by atoms with Crippen molar-refractivity contribution < 1.29 is 0 Å². The van der Waals surface area contributed by atoms with E-state index in [0.717, 1.165) is 29.3 Å². The Labute approximate surface area is 88.8 Å². The molecule has 4 nitrogen and oxygen atoms in total. The highest BCUT2D eigenvalue weighted by molar-refractivity contribution is 5.41. The van der Waals surface area contributed by atoms with E-state index in [4.69, 9.17) is 5.73 Å². The van der Waals surface area contributed by atoms with E-state index in [1.54, 1.807) is 4.68 Å². The largest absolute Gasteiger partial charge is 0.399 e. The van der Waals surface area contributed by atoms with Crippen LogP contribution in [0.2, 0.25) is 0 Å². The Hall–Kier alpha value is -1.84. The van der Waals surface area contributed by atoms with Crippen LogP contribution in [0.3, 0.4) is 0 Å². The molecule has 0 saturated carbocycles. The highest BCUT2D eigenvalue weighted by Crippen LogP contribution is 2.10. The van der Waals surface area contributed by atoms with Crippen molar-refractivity contribution in [3.8, 4) is 0 Å². The Balaban J connectivity index is 2.25. The number of anilines is 1. The molecule has 78 valence electrons. The minimum atomic E-state index is 0.766. The molecule has 0 saturated heterocycles. The van der Waals surface area contributed by atoms with Gasteiger partial charge in [-0.3, -0.25) is 4.68 Å². The standard InChI is InChI=1S/C11H14N4/c1-8-13-11(15(2)14-8)7-9-4-3-5-10(12)6-9/h3-6H,7,12H2,1-2H3. The van der Waals surface area contributed by atoms with Crippen LogP contribution in [0.15, 0.2) is 24.3 Å². The van der Waals surface area contributed by atoms with Crippen LogP contribution in [-0.2, 0) is 13.5 Å². The van der Waals surface area contributed by atoms with E-state index in [2.05, 4.69) is 10.1 Å². The Morgan fingerprint density at radius 2 is 2.20 bits per heavy atom. The molecule has 1 heterocycles. The number of benzene rings is 1. The minimum absolute atomic E-state index is 0.766. The molecular formula is C11H14N4. The van der Waals surface area contributed by atoms with Crippen molar-refractivity contribution >= 4 is 5.69 Å². The van der Waals surface area contributed by atoms with Gasteiger partial charge in [0.1, 0.15) is 11.6 Å². The summed E-state index contributed by atoms with van der Waals surface area (Å²) in [4.78, 5) is 4.35. The molecule has 0 aliphatic carbocycles. The summed E-state index contributed by atoms with van der Waals surface area (Å²) in [5.41, 5.74) is 7.65. The van der Waals surface area contributed by atoms with Gasteiger partial charge in [-0.2, -0.15) is 5.10 Å². The van der Waals surface area contributed by atoms with Gasteiger partial charge in [0.15, 0.2) is 0 Å². The number of aryl methyl sites for hydroxylation is 2. The molecular weight excluding hydrogens is 188 g/mol. The van der Waals surface area contributed by atoms with Gasteiger partial charge in [0.05, 0.1) is 0 Å². The van der Waals surface area contributed by atoms with Crippen molar-refractivity contribution in [3.63, 3.8) is 0 Å². The Kier molecular flexibility index (Phi) is 2.41. The van der Waals surface area contributed by atoms with Crippen LogP contribution < -0.4 is 5.73 Å². The van der Waals surface area contributed by atoms with Gasteiger partial charge in [-0.25, -0.2) is 4.98 Å². The second-order valence-corrected chi connectivity index (χ2v) is 3.62. The molecule has 1 aromatic carbocycles. The fourth-order valence-corrected chi connectivity index (χ4v) is 1.60. The van der Waals surface area contributed by atoms with Crippen LogP contribution in [0.25, 0.3) is 0 Å². The third-order valence-corrected chi connectivity index (χ3v) is 2.27. The summed E-state index contributed by atoms with van der Waals surface area (Å²) >= 11 is 0. The highest BCUT2D eigenvalue weighted by atomic mass is 15.3. The topological polar surface area (TPSA) is 56.7 Å². The van der Waals surface area contributed by atoms with Crippen LogP contribution in [0, 0.1) is 6.92 Å². The molecule has 2 rings (SSSR count). The summed E-state index contributed by atoms with van der Waals surface area (Å²) in [5, 5.41) is 4.20. The summed E-state index contributed by atoms with van der Waals surface area (Å²) < 4.78 is 1.80. The first-order valence-corrected chi connectivity index (χ1v) is 4.86. The Morgan fingerprint density at radius 1 is 1.40 bits per heavy atom. The maximum Gasteiger partial charge on any atom is 0.147 e. The highest BCUT2D eigenvalue weighted by Gasteiger charge is 2.04. The summed E-state index contributed by atoms with van der Waals surface area (Å²) in [7, 11) is 1.90. The lowest BCUT2D eigenvalue weighted by Crippen LogP contribution is -2.00. The maximum atomic E-state index is 5.71. The van der Waals surface area contributed by atoms with Gasteiger partial charge in [-0.1, -0.05) is 12.1 Å². The normalized spacial score (nSPS) is 10.5. The van der Waals surface area contributed by atoms with Gasteiger partial charge < -0.3 is 5.73 Å². The molecule has 0 amide bonds. The van der Waals surface area contributed by atoms with E-state index < -0.39 is 0 Å². The van der Waals surface area contributed by atoms with Crippen molar-refractivity contribution in [1.29, 1.82) is 0 Å². The van der Waals surface area contributed by atoms with Crippen LogP contribution in [0.5, 0.6) is 0 Å². The van der Waals surface area contributed by atoms with Gasteiger partial charge in [-0.05, 0) is 24.6 Å². The van der Waals surface area contributed by atoms with Crippen molar-refractivity contribution in [1.82, 2.24) is 14.8 Å². The molecule has 0 aliphatic rings. The van der Waals surface area contributed by atoms with Gasteiger partial charge in [0.2, 0.25) is 0 Å². The van der Waals surface area contributed by atoms with Gasteiger partial charge in [0.25, 0.3) is 0 Å². The summed E-state index contributed by atoms with van der Waals surface area (Å²) in [6.07, 6.45) is 0.766. The van der Waals surface area contributed by atoms with Gasteiger partial charge >= 0.3 is 0 Å². The van der Waals surface area contributed by atoms with Crippen molar-refractivity contribution in [2.45, 2.75) is 13.3 Å². The molecule has 0 radical (unpaired) electrons. The summed E-state index contributed by atoms with van der Waals surface area (Å²) in [6.45, 7) is 1.89. The van der Waals surface area contributed by atoms with E-state index >= 15 is 0 Å². The van der Waals surface area contributed by atoms with Crippen molar-refractivity contribution in [2.24, 2.45) is 7.05 Å². The maximum absolute atomic E-state index is 5.71. The molecule has 0 unspecified atom stereocenters. The second-order valence-electron chi connectivity index (χ2n) is 3.62. The Morgan fingerprint density at radius 3 is 2.80 bits per heavy atom. The molecule has 0 fully saturated rings. The van der Waals surface area contributed by atoms with Crippen LogP contribution in [0.4, 0.5) is 5.69 Å². The molecule has 0 bridgehead atoms. The lowest BCUT2D eigenvalue weighted by Gasteiger charge is -2.01. The number of aromatic nitrogens is 3. The number of hydrogen-bond donors (Lipinski definition) is 1. The average Bonchev–Trinajstić information content (AvgIpc) is 2.45. The molecule has 0 aliphatic heterocycles. The zero-order chi connectivity index (χ0) is 10.8. The number of rotatable bonds is 2. The van der Waals surface area contributed by atoms with E-state index in [9.17, 15) is 0 Å². The van der Waals surface area contributed by atoms with E-state index in [1.165, 1.54) is 0 Å². The monoisotopic (exact) mass is 202 g/mol. The number of hydrogen-bond acceptors (Lipinski definition) is 3. The fourth-order valence-electron chi connectivity index (χ4n) is 1.60. The van der Waals surface area contributed by atoms with Crippen LogP contribution in [-0.4, -0.2) is 14.8 Å². The predicted octanol–water partition coefficient (Wildman–Crippen LogP) is 1.30. The third kappa shape index (κ3) is 2.15. The first-order valence-electron chi connectivity index (χ1n) is 4.86. The van der Waals surface area contributed by atoms with Crippen LogP contribution in [0.1, 0.15) is 17.2 Å². The zero-order valence-corrected chi connectivity index (χ0v) is 8.94. The lowest BCUT2D eigenvalue weighted by atomic mass is 10.1. The van der Waals surface area contributed by atoms with Crippen LogP contribution >= 0.6 is 0 Å². The van der Waals surface area contributed by atoms with E-state index in [0.29, 0.717) is 0 Å². The van der Waals surface area contributed by atoms with E-state index in [-0.39, 0.29) is 0 Å². The third-order valence-electron chi connectivity index (χ3n) is 2.27. The van der Waals surface area contributed by atoms with E-state index in [1.807, 2.05) is 38.2 Å². The van der Waals surface area contributed by atoms with Crippen molar-refractivity contribution in [2.75, 3.05) is 5.73 Å². The molecule has 1 aromatic heterocycles. The summed E-state index contributed by atoms with van der Waals surface area (Å²) in [5.74, 6) is 1.76. The SMILES string of the molecule is Cc1nc(Cc2cccc(N)c2)n(C)n1. The zero-order valence-electron chi connectivity index (χ0n) is 8.94. The van der Waals surface area contributed by atoms with Gasteiger partial charge in [0, 0.05) is 19.2 Å². The molecule has 15 heavy (non-hydrogen) atoms. The molecule has 2 aromatic rings. The quantitative estimate of drug-likeness (QED) is 0.747. The average molecular weight is 202 g/mol. The fraction of sp³-hybridized carbons (Fsp3) is 0.273. The second kappa shape index (κ2) is 3.73. The summed E-state index contributed by atoms with van der Waals surface area (Å²) in [6, 6.07) is 7.84. The number of nitrogen functional groups attached to an aromatic ring is 1. The number of nitrogens with zero attached hydrogens (tertiary/aromatic N) is 3. The number of nitrogens with two attached hydrogens (primary N) is 1. The molecule has 0 atom stereocenters. The molecule has 0 spiro atoms. The predicted molar refractivity (Wildman–Crippen MR) is 59.4 cm³/mol. The molecule has 4 heteroatoms. The Bertz CT molecular complexity index is 473. The lowest BCUT2D eigenvalue weighted by molar-refractivity contribution is 0.712. The minimum Gasteiger partial charge on any atom is -0.399 e. The first-order chi connectivity index (χ1) is 7.15. The van der Waals surface area contributed by atoms with Crippen molar-refractivity contribution in [3.05, 3.63) is 41.5 Å². The van der Waals surface area contributed by atoms with Gasteiger partial charge in [-0.15, -0.1) is 0 Å². The smallest absolute Gasteiger partial charge is 0.147 e. The first kappa shape index (κ1) is 9.71.